The SMILES string of the molecule is C=C/C=C(\C=C)COC(C)=O.CC.CC. The molecular formula is C13H24O2. The van der Waals surface area contributed by atoms with Crippen molar-refractivity contribution in [2.75, 3.05) is 6.61 Å². The molecule has 0 aromatic rings. The van der Waals surface area contributed by atoms with Gasteiger partial charge >= 0.3 is 5.97 Å². The fraction of sp³-hybridized carbons (Fsp3) is 0.462. The molecule has 88 valence electrons. The first-order valence-electron chi connectivity index (χ1n) is 5.28. The van der Waals surface area contributed by atoms with Crippen LogP contribution in [0.2, 0.25) is 0 Å². The van der Waals surface area contributed by atoms with E-state index >= 15 is 0 Å². The smallest absolute Gasteiger partial charge is 0.302 e. The molecule has 0 aromatic heterocycles. The second-order valence-corrected chi connectivity index (χ2v) is 1.96. The fourth-order valence-corrected chi connectivity index (χ4v) is 0.511. The van der Waals surface area contributed by atoms with Crippen LogP contribution in [-0.2, 0) is 9.53 Å². The van der Waals surface area contributed by atoms with Crippen LogP contribution in [0.1, 0.15) is 34.6 Å². The van der Waals surface area contributed by atoms with Crippen LogP contribution >= 0.6 is 0 Å². The molecule has 0 saturated carbocycles. The lowest BCUT2D eigenvalue weighted by molar-refractivity contribution is -0.139. The summed E-state index contributed by atoms with van der Waals surface area (Å²) in [6.07, 6.45) is 5.00. The van der Waals surface area contributed by atoms with Gasteiger partial charge in [0.1, 0.15) is 6.61 Å². The Morgan fingerprint density at radius 3 is 1.93 bits per heavy atom. The van der Waals surface area contributed by atoms with E-state index in [0.29, 0.717) is 0 Å². The van der Waals surface area contributed by atoms with Gasteiger partial charge in [-0.05, 0) is 5.57 Å². The average Bonchev–Trinajstić information content (AvgIpc) is 2.29. The quantitative estimate of drug-likeness (QED) is 0.522. The Balaban J connectivity index is -0.000000318. The summed E-state index contributed by atoms with van der Waals surface area (Å²) in [5.41, 5.74) is 0.843. The zero-order valence-corrected chi connectivity index (χ0v) is 10.7. The topological polar surface area (TPSA) is 26.3 Å². The van der Waals surface area contributed by atoms with Crippen molar-refractivity contribution in [2.24, 2.45) is 0 Å². The number of hydrogen-bond donors (Lipinski definition) is 0. The summed E-state index contributed by atoms with van der Waals surface area (Å²) in [4.78, 5) is 10.4. The second-order valence-electron chi connectivity index (χ2n) is 1.96. The van der Waals surface area contributed by atoms with E-state index in [1.54, 1.807) is 18.2 Å². The highest BCUT2D eigenvalue weighted by Gasteiger charge is 1.93. The van der Waals surface area contributed by atoms with Crippen LogP contribution in [0.15, 0.2) is 37.0 Å². The van der Waals surface area contributed by atoms with Gasteiger partial charge in [0.2, 0.25) is 0 Å². The molecule has 0 bridgehead atoms. The summed E-state index contributed by atoms with van der Waals surface area (Å²) in [6.45, 7) is 16.7. The molecule has 0 N–H and O–H groups in total. The van der Waals surface area contributed by atoms with Crippen LogP contribution in [0.25, 0.3) is 0 Å². The largest absolute Gasteiger partial charge is 0.461 e. The monoisotopic (exact) mass is 212 g/mol. The fourth-order valence-electron chi connectivity index (χ4n) is 0.511. The van der Waals surface area contributed by atoms with E-state index in [-0.39, 0.29) is 12.6 Å². The van der Waals surface area contributed by atoms with E-state index in [2.05, 4.69) is 13.2 Å². The molecule has 0 fully saturated rings. The lowest BCUT2D eigenvalue weighted by Crippen LogP contribution is -2.01. The van der Waals surface area contributed by atoms with Gasteiger partial charge < -0.3 is 4.74 Å². The molecular weight excluding hydrogens is 188 g/mol. The first kappa shape index (κ1) is 19.3. The Morgan fingerprint density at radius 1 is 1.20 bits per heavy atom. The molecule has 0 aliphatic rings. The normalized spacial score (nSPS) is 8.47. The number of carbonyl (C=O) groups is 1. The zero-order chi connectivity index (χ0) is 12.7. The van der Waals surface area contributed by atoms with Crippen LogP contribution in [0.4, 0.5) is 0 Å². The van der Waals surface area contributed by atoms with Gasteiger partial charge in [-0.3, -0.25) is 4.79 Å². The Kier molecular flexibility index (Phi) is 23.8. The molecule has 0 unspecified atom stereocenters. The molecule has 0 heterocycles. The van der Waals surface area contributed by atoms with Gasteiger partial charge in [0, 0.05) is 6.92 Å². The molecule has 15 heavy (non-hydrogen) atoms. The van der Waals surface area contributed by atoms with Gasteiger partial charge in [-0.15, -0.1) is 0 Å². The Hall–Kier alpha value is -1.31. The summed E-state index contributed by atoms with van der Waals surface area (Å²) in [7, 11) is 0. The minimum atomic E-state index is -0.290. The summed E-state index contributed by atoms with van der Waals surface area (Å²) < 4.78 is 4.72. The van der Waals surface area contributed by atoms with Crippen molar-refractivity contribution < 1.29 is 9.53 Å². The van der Waals surface area contributed by atoms with Crippen LogP contribution in [0.5, 0.6) is 0 Å². The first-order valence-corrected chi connectivity index (χ1v) is 5.28. The molecule has 0 aromatic carbocycles. The number of hydrogen-bond acceptors (Lipinski definition) is 2. The highest BCUT2D eigenvalue weighted by Crippen LogP contribution is 1.96. The summed E-state index contributed by atoms with van der Waals surface area (Å²) in [5, 5.41) is 0. The minimum absolute atomic E-state index is 0.269. The molecule has 2 heteroatoms. The number of allylic oxidation sites excluding steroid dienone is 2. The number of rotatable bonds is 4. The predicted octanol–water partition coefficient (Wildman–Crippen LogP) is 3.90. The maximum atomic E-state index is 10.4. The molecule has 0 spiro atoms. The molecule has 0 radical (unpaired) electrons. The maximum absolute atomic E-state index is 10.4. The lowest BCUT2D eigenvalue weighted by atomic mass is 10.2. The summed E-state index contributed by atoms with van der Waals surface area (Å²) in [5.74, 6) is -0.290. The lowest BCUT2D eigenvalue weighted by Gasteiger charge is -2.00. The first-order chi connectivity index (χ1) is 7.20. The third kappa shape index (κ3) is 19.2. The minimum Gasteiger partial charge on any atom is -0.461 e. The third-order valence-electron chi connectivity index (χ3n) is 1.04. The van der Waals surface area contributed by atoms with E-state index < -0.39 is 0 Å². The van der Waals surface area contributed by atoms with Gasteiger partial charge in [0.05, 0.1) is 0 Å². The Labute approximate surface area is 94.3 Å². The van der Waals surface area contributed by atoms with Crippen LogP contribution in [-0.4, -0.2) is 12.6 Å². The number of ether oxygens (including phenoxy) is 1. The van der Waals surface area contributed by atoms with Crippen molar-refractivity contribution in [3.63, 3.8) is 0 Å². The van der Waals surface area contributed by atoms with Gasteiger partial charge in [-0.25, -0.2) is 0 Å². The second kappa shape index (κ2) is 18.5. The zero-order valence-electron chi connectivity index (χ0n) is 10.7. The van der Waals surface area contributed by atoms with Crippen molar-refractivity contribution >= 4 is 5.97 Å². The highest BCUT2D eigenvalue weighted by molar-refractivity contribution is 5.66. The van der Waals surface area contributed by atoms with Crippen LogP contribution in [0.3, 0.4) is 0 Å². The van der Waals surface area contributed by atoms with Crippen molar-refractivity contribution in [1.82, 2.24) is 0 Å². The van der Waals surface area contributed by atoms with Crippen molar-refractivity contribution in [2.45, 2.75) is 34.6 Å². The standard InChI is InChI=1S/C9H12O2.2C2H6/c1-4-6-9(5-2)7-11-8(3)10;2*1-2/h4-6H,1-2,7H2,3H3;2*1-2H3/b9-6+;;. The van der Waals surface area contributed by atoms with E-state index in [0.717, 1.165) is 5.57 Å². The molecule has 0 aliphatic heterocycles. The van der Waals surface area contributed by atoms with Crippen molar-refractivity contribution in [1.29, 1.82) is 0 Å². The third-order valence-corrected chi connectivity index (χ3v) is 1.04. The van der Waals surface area contributed by atoms with E-state index in [9.17, 15) is 4.79 Å². The van der Waals surface area contributed by atoms with Gasteiger partial charge in [0.25, 0.3) is 0 Å². The van der Waals surface area contributed by atoms with Gasteiger partial charge in [-0.2, -0.15) is 0 Å². The highest BCUT2D eigenvalue weighted by atomic mass is 16.5. The maximum Gasteiger partial charge on any atom is 0.302 e. The van der Waals surface area contributed by atoms with E-state index in [4.69, 9.17) is 4.74 Å². The molecule has 0 saturated heterocycles. The Morgan fingerprint density at radius 2 is 1.67 bits per heavy atom. The summed E-state index contributed by atoms with van der Waals surface area (Å²) >= 11 is 0. The predicted molar refractivity (Wildman–Crippen MR) is 67.8 cm³/mol. The Bertz CT molecular complexity index is 191. The molecule has 0 rings (SSSR count). The number of carbonyl (C=O) groups excluding carboxylic acids is 1. The van der Waals surface area contributed by atoms with Crippen LogP contribution < -0.4 is 0 Å². The van der Waals surface area contributed by atoms with Crippen LogP contribution in [0, 0.1) is 0 Å². The van der Waals surface area contributed by atoms with Gasteiger partial charge in [-0.1, -0.05) is 59.1 Å². The average molecular weight is 212 g/mol. The van der Waals surface area contributed by atoms with Gasteiger partial charge in [0.15, 0.2) is 0 Å². The van der Waals surface area contributed by atoms with E-state index in [1.807, 2.05) is 27.7 Å². The van der Waals surface area contributed by atoms with Crippen molar-refractivity contribution in [3.8, 4) is 0 Å². The molecule has 0 amide bonds. The summed E-state index contributed by atoms with van der Waals surface area (Å²) in [6, 6.07) is 0. The molecule has 0 aliphatic carbocycles. The number of esters is 1. The molecule has 0 atom stereocenters. The molecule has 2 nitrogen and oxygen atoms in total. The van der Waals surface area contributed by atoms with Crippen molar-refractivity contribution in [3.05, 3.63) is 37.0 Å². The van der Waals surface area contributed by atoms with E-state index in [1.165, 1.54) is 6.92 Å².